The van der Waals surface area contributed by atoms with Gasteiger partial charge in [0.15, 0.2) is 0 Å². The van der Waals surface area contributed by atoms with Gasteiger partial charge in [-0.1, -0.05) is 0 Å². The van der Waals surface area contributed by atoms with E-state index in [1.807, 2.05) is 0 Å². The number of fused-ring (bicyclic) bond motifs is 1. The fraction of sp³-hybridized carbons (Fsp3) is 0.143. The molecule has 0 radical (unpaired) electrons. The lowest BCUT2D eigenvalue weighted by molar-refractivity contribution is -0.114. The molecule has 4 aromatic rings. The van der Waals surface area contributed by atoms with Crippen LogP contribution < -0.4 is 10.9 Å². The summed E-state index contributed by atoms with van der Waals surface area (Å²) in [5.41, 5.74) is 0.659. The molecule has 3 aromatic heterocycles. The highest BCUT2D eigenvalue weighted by Crippen LogP contribution is 2.22. The molecule has 1 aromatic carbocycles. The Morgan fingerprint density at radius 3 is 2.80 bits per heavy atom. The molecule has 0 unspecified atom stereocenters. The van der Waals surface area contributed by atoms with Gasteiger partial charge in [0.1, 0.15) is 18.0 Å². The van der Waals surface area contributed by atoms with Crippen LogP contribution in [0, 0.1) is 0 Å². The topological polar surface area (TPSA) is 117 Å². The monoisotopic (exact) mass is 407 g/mol. The molecule has 1 N–H and O–H groups in total. The fourth-order valence-electron chi connectivity index (χ4n) is 2.97. The van der Waals surface area contributed by atoms with Gasteiger partial charge in [-0.25, -0.2) is 9.59 Å². The zero-order valence-electron chi connectivity index (χ0n) is 16.0. The number of carbonyl (C=O) groups is 2. The molecule has 3 heterocycles. The van der Waals surface area contributed by atoms with Crippen LogP contribution in [0.5, 0.6) is 0 Å². The van der Waals surface area contributed by atoms with Crippen molar-refractivity contribution < 1.29 is 23.2 Å². The maximum Gasteiger partial charge on any atom is 0.374 e. The summed E-state index contributed by atoms with van der Waals surface area (Å²) >= 11 is 0. The molecule has 0 aliphatic rings. The van der Waals surface area contributed by atoms with Crippen LogP contribution in [-0.4, -0.2) is 21.7 Å². The van der Waals surface area contributed by atoms with Crippen molar-refractivity contribution in [1.29, 1.82) is 0 Å². The van der Waals surface area contributed by atoms with E-state index >= 15 is 0 Å². The molecule has 0 spiro atoms. The number of amides is 1. The summed E-state index contributed by atoms with van der Waals surface area (Å²) in [6.07, 6.45) is 3.43. The Bertz CT molecular complexity index is 1270. The number of hydrogen-bond acceptors (Lipinski definition) is 7. The Hall–Kier alpha value is -4.14. The summed E-state index contributed by atoms with van der Waals surface area (Å²) in [7, 11) is 0. The van der Waals surface area contributed by atoms with Crippen molar-refractivity contribution in [3.8, 4) is 0 Å². The van der Waals surface area contributed by atoms with Crippen LogP contribution in [-0.2, 0) is 22.7 Å². The predicted octanol–water partition coefficient (Wildman–Crippen LogP) is 2.95. The van der Waals surface area contributed by atoms with Gasteiger partial charge in [0.05, 0.1) is 6.54 Å². The average molecular weight is 407 g/mol. The molecule has 0 saturated heterocycles. The van der Waals surface area contributed by atoms with Gasteiger partial charge < -0.3 is 18.9 Å². The van der Waals surface area contributed by atoms with Crippen LogP contribution in [0.25, 0.3) is 11.0 Å². The summed E-state index contributed by atoms with van der Waals surface area (Å²) in [6.45, 7) is 1.63. The normalized spacial score (nSPS) is 10.8. The summed E-state index contributed by atoms with van der Waals surface area (Å²) in [5, 5.41) is 7.29. The van der Waals surface area contributed by atoms with E-state index in [1.165, 1.54) is 25.1 Å². The molecule has 9 nitrogen and oxygen atoms in total. The number of aromatic nitrogens is 2. The Labute approximate surface area is 169 Å². The number of esters is 1. The van der Waals surface area contributed by atoms with E-state index in [1.54, 1.807) is 41.3 Å². The molecule has 4 rings (SSSR count). The van der Waals surface area contributed by atoms with Gasteiger partial charge in [-0.15, -0.1) is 0 Å². The molecular formula is C21H17N3O6. The number of carbonyl (C=O) groups excluding carboxylic acids is 2. The lowest BCUT2D eigenvalue weighted by Crippen LogP contribution is -2.08. The zero-order valence-corrected chi connectivity index (χ0v) is 16.0. The summed E-state index contributed by atoms with van der Waals surface area (Å²) < 4.78 is 17.7. The first-order valence-corrected chi connectivity index (χ1v) is 9.05. The number of furan rings is 1. The highest BCUT2D eigenvalue weighted by atomic mass is 16.5. The lowest BCUT2D eigenvalue weighted by Gasteiger charge is -2.08. The minimum atomic E-state index is -0.655. The van der Waals surface area contributed by atoms with E-state index in [9.17, 15) is 14.4 Å². The highest BCUT2D eigenvalue weighted by Gasteiger charge is 2.15. The van der Waals surface area contributed by atoms with Crippen molar-refractivity contribution in [2.75, 3.05) is 5.32 Å². The van der Waals surface area contributed by atoms with Crippen molar-refractivity contribution in [3.63, 3.8) is 0 Å². The zero-order chi connectivity index (χ0) is 21.1. The molecule has 0 aliphatic carbocycles. The van der Waals surface area contributed by atoms with Crippen LogP contribution in [0.3, 0.4) is 0 Å². The third kappa shape index (κ3) is 4.30. The molecule has 9 heteroatoms. The maximum atomic E-state index is 12.3. The van der Waals surface area contributed by atoms with Gasteiger partial charge in [-0.2, -0.15) is 5.10 Å². The van der Waals surface area contributed by atoms with Crippen molar-refractivity contribution in [2.45, 2.75) is 20.1 Å². The van der Waals surface area contributed by atoms with Crippen molar-refractivity contribution in [2.24, 2.45) is 0 Å². The first-order valence-electron chi connectivity index (χ1n) is 9.05. The second-order valence-corrected chi connectivity index (χ2v) is 6.53. The molecule has 0 saturated carbocycles. The maximum absolute atomic E-state index is 12.3. The molecule has 0 bridgehead atoms. The van der Waals surface area contributed by atoms with E-state index in [0.717, 1.165) is 0 Å². The summed E-state index contributed by atoms with van der Waals surface area (Å²) in [4.78, 5) is 35.4. The van der Waals surface area contributed by atoms with Crippen molar-refractivity contribution >= 4 is 28.5 Å². The second-order valence-electron chi connectivity index (χ2n) is 6.53. The number of anilines is 1. The Morgan fingerprint density at radius 2 is 2.03 bits per heavy atom. The van der Waals surface area contributed by atoms with Crippen LogP contribution in [0.4, 0.5) is 5.69 Å². The number of rotatable bonds is 6. The van der Waals surface area contributed by atoms with Crippen molar-refractivity contribution in [3.05, 3.63) is 82.4 Å². The van der Waals surface area contributed by atoms with Crippen LogP contribution in [0.1, 0.15) is 28.8 Å². The Morgan fingerprint density at radius 1 is 1.17 bits per heavy atom. The third-order valence-corrected chi connectivity index (χ3v) is 4.25. The molecule has 152 valence electrons. The summed E-state index contributed by atoms with van der Waals surface area (Å²) in [6, 6.07) is 11.1. The number of nitrogens with zero attached hydrogens (tertiary/aromatic N) is 2. The Kier molecular flexibility index (Phi) is 5.17. The number of hydrogen-bond donors (Lipinski definition) is 1. The van der Waals surface area contributed by atoms with Gasteiger partial charge in [0, 0.05) is 48.1 Å². The first-order chi connectivity index (χ1) is 14.5. The van der Waals surface area contributed by atoms with Gasteiger partial charge in [-0.3, -0.25) is 9.48 Å². The average Bonchev–Trinajstić information content (AvgIpc) is 3.37. The molecule has 0 fully saturated rings. The number of ether oxygens (including phenoxy) is 1. The predicted molar refractivity (Wildman–Crippen MR) is 106 cm³/mol. The summed E-state index contributed by atoms with van der Waals surface area (Å²) in [5.74, 6) is -0.288. The second kappa shape index (κ2) is 8.08. The van der Waals surface area contributed by atoms with E-state index in [-0.39, 0.29) is 23.9 Å². The number of nitrogens with one attached hydrogen (secondary N) is 1. The van der Waals surface area contributed by atoms with Gasteiger partial charge in [0.2, 0.25) is 11.7 Å². The minimum absolute atomic E-state index is 0.0531. The van der Waals surface area contributed by atoms with Crippen molar-refractivity contribution in [1.82, 2.24) is 9.78 Å². The van der Waals surface area contributed by atoms with E-state index < -0.39 is 11.6 Å². The highest BCUT2D eigenvalue weighted by molar-refractivity contribution is 5.92. The van der Waals surface area contributed by atoms with Crippen LogP contribution in [0.2, 0.25) is 0 Å². The van der Waals surface area contributed by atoms with E-state index in [4.69, 9.17) is 13.6 Å². The molecule has 0 aliphatic heterocycles. The lowest BCUT2D eigenvalue weighted by atomic mass is 10.1. The van der Waals surface area contributed by atoms with E-state index in [2.05, 4.69) is 10.4 Å². The minimum Gasteiger partial charge on any atom is -0.455 e. The first kappa shape index (κ1) is 19.2. The largest absolute Gasteiger partial charge is 0.455 e. The quantitative estimate of drug-likeness (QED) is 0.386. The van der Waals surface area contributed by atoms with Gasteiger partial charge >= 0.3 is 11.6 Å². The molecule has 1 amide bonds. The number of benzene rings is 1. The van der Waals surface area contributed by atoms with Gasteiger partial charge in [0.25, 0.3) is 0 Å². The standard InChI is InChI=1S/C21H17N3O6/c1-13(25)23-15-3-5-17-14(9-20(26)30-19(17)10-15)12-28-21(27)18-6-4-16(29-18)11-24-8-2-7-22-24/h2-10H,11-12H2,1H3,(H,23,25). The van der Waals surface area contributed by atoms with E-state index in [0.29, 0.717) is 28.9 Å². The smallest absolute Gasteiger partial charge is 0.374 e. The molecular weight excluding hydrogens is 390 g/mol. The van der Waals surface area contributed by atoms with Crippen LogP contribution >= 0.6 is 0 Å². The fourth-order valence-corrected chi connectivity index (χ4v) is 2.97. The van der Waals surface area contributed by atoms with Crippen LogP contribution in [0.15, 0.2) is 68.5 Å². The molecule has 30 heavy (non-hydrogen) atoms. The van der Waals surface area contributed by atoms with Gasteiger partial charge in [-0.05, 0) is 30.3 Å². The molecule has 0 atom stereocenters. The Balaban J connectivity index is 1.49. The third-order valence-electron chi connectivity index (χ3n) is 4.25. The SMILES string of the molecule is CC(=O)Nc1ccc2c(COC(=O)c3ccc(Cn4cccn4)o3)cc(=O)oc2c1.